The highest BCUT2D eigenvalue weighted by Gasteiger charge is 2.49. The zero-order chi connectivity index (χ0) is 16.0. The first kappa shape index (κ1) is 14.3. The van der Waals surface area contributed by atoms with Crippen LogP contribution < -0.4 is 10.1 Å². The minimum atomic E-state index is -0.669. The third-order valence-electron chi connectivity index (χ3n) is 4.85. The van der Waals surface area contributed by atoms with Crippen LogP contribution in [0.4, 0.5) is 4.79 Å². The van der Waals surface area contributed by atoms with Gasteiger partial charge < -0.3 is 15.2 Å². The van der Waals surface area contributed by atoms with Crippen molar-refractivity contribution >= 4 is 16.8 Å². The molecule has 4 rings (SSSR count). The average Bonchev–Trinajstić information content (AvgIpc) is 2.53. The van der Waals surface area contributed by atoms with E-state index in [2.05, 4.69) is 23.5 Å². The van der Waals surface area contributed by atoms with Crippen molar-refractivity contribution in [1.29, 1.82) is 0 Å². The zero-order valence-electron chi connectivity index (χ0n) is 13.1. The number of nitrogens with zero attached hydrogens (tertiary/aromatic N) is 1. The van der Waals surface area contributed by atoms with Gasteiger partial charge >= 0.3 is 6.03 Å². The second kappa shape index (κ2) is 5.13. The first-order valence-corrected chi connectivity index (χ1v) is 8.02. The lowest BCUT2D eigenvalue weighted by Crippen LogP contribution is -2.64. The monoisotopic (exact) mass is 312 g/mol. The van der Waals surface area contributed by atoms with E-state index in [1.807, 2.05) is 25.1 Å². The minimum Gasteiger partial charge on any atom is -0.468 e. The van der Waals surface area contributed by atoms with Crippen molar-refractivity contribution in [3.05, 3.63) is 42.0 Å². The number of aliphatic hydroxyl groups excluding tert-OH is 1. The van der Waals surface area contributed by atoms with Crippen molar-refractivity contribution in [2.45, 2.75) is 31.5 Å². The molecule has 2 aliphatic heterocycles. The molecule has 1 saturated heterocycles. The number of hydrogen-bond donors (Lipinski definition) is 2. The van der Waals surface area contributed by atoms with Crippen molar-refractivity contribution in [2.24, 2.45) is 0 Å². The van der Waals surface area contributed by atoms with Gasteiger partial charge in [0.1, 0.15) is 5.75 Å². The molecule has 2 aliphatic rings. The van der Waals surface area contributed by atoms with Crippen LogP contribution in [0.25, 0.3) is 10.8 Å². The summed E-state index contributed by atoms with van der Waals surface area (Å²) in [6, 6.07) is 12.0. The molecular weight excluding hydrogens is 292 g/mol. The third-order valence-corrected chi connectivity index (χ3v) is 4.85. The summed E-state index contributed by atoms with van der Waals surface area (Å²) in [5, 5.41) is 14.4. The van der Waals surface area contributed by atoms with Crippen LogP contribution in [0.1, 0.15) is 31.4 Å². The molecule has 5 nitrogen and oxygen atoms in total. The van der Waals surface area contributed by atoms with Crippen LogP contribution in [-0.4, -0.2) is 34.9 Å². The molecule has 2 heterocycles. The van der Waals surface area contributed by atoms with E-state index in [0.717, 1.165) is 22.1 Å². The second-order valence-electron chi connectivity index (χ2n) is 6.41. The van der Waals surface area contributed by atoms with Crippen LogP contribution in [0.15, 0.2) is 36.4 Å². The molecular formula is C18H20N2O3. The Morgan fingerprint density at radius 2 is 2.17 bits per heavy atom. The average molecular weight is 312 g/mol. The molecule has 0 radical (unpaired) electrons. The van der Waals surface area contributed by atoms with Crippen molar-refractivity contribution in [2.75, 3.05) is 13.2 Å². The number of ether oxygens (including phenoxy) is 1. The summed E-state index contributed by atoms with van der Waals surface area (Å²) in [5.41, 5.74) is 0.396. The van der Waals surface area contributed by atoms with Crippen LogP contribution in [0.3, 0.4) is 0 Å². The van der Waals surface area contributed by atoms with E-state index < -0.39 is 5.72 Å². The summed E-state index contributed by atoms with van der Waals surface area (Å²) in [5.74, 6) is 0.830. The fourth-order valence-electron chi connectivity index (χ4n) is 3.78. The minimum absolute atomic E-state index is 0.0484. The molecule has 2 amide bonds. The topological polar surface area (TPSA) is 61.8 Å². The second-order valence-corrected chi connectivity index (χ2v) is 6.41. The Kier molecular flexibility index (Phi) is 3.20. The maximum Gasteiger partial charge on any atom is 0.320 e. The SMILES string of the molecule is CC12CC(NC(=O)N1CCCO)c1c(ccc3ccccc13)O2. The van der Waals surface area contributed by atoms with Crippen molar-refractivity contribution in [1.82, 2.24) is 10.2 Å². The maximum atomic E-state index is 12.5. The Morgan fingerprint density at radius 1 is 1.35 bits per heavy atom. The summed E-state index contributed by atoms with van der Waals surface area (Å²) in [6.07, 6.45) is 1.24. The van der Waals surface area contributed by atoms with Gasteiger partial charge in [0.2, 0.25) is 0 Å². The van der Waals surface area contributed by atoms with E-state index in [-0.39, 0.29) is 18.7 Å². The van der Waals surface area contributed by atoms with Gasteiger partial charge in [-0.2, -0.15) is 0 Å². The normalized spacial score (nSPS) is 25.7. The standard InChI is InChI=1S/C18H20N2O3/c1-18-11-14(19-17(22)20(18)9-4-10-21)16-13-6-3-2-5-12(13)7-8-15(16)23-18/h2-3,5-8,14,21H,4,9-11H2,1H3,(H,19,22). The van der Waals surface area contributed by atoms with Gasteiger partial charge in [0, 0.05) is 25.1 Å². The van der Waals surface area contributed by atoms with Gasteiger partial charge in [-0.1, -0.05) is 30.3 Å². The quantitative estimate of drug-likeness (QED) is 0.916. The molecule has 120 valence electrons. The van der Waals surface area contributed by atoms with Gasteiger partial charge in [0.15, 0.2) is 5.72 Å². The fraction of sp³-hybridized carbons (Fsp3) is 0.389. The Labute approximate surface area is 134 Å². The zero-order valence-corrected chi connectivity index (χ0v) is 13.1. The molecule has 2 N–H and O–H groups in total. The van der Waals surface area contributed by atoms with Gasteiger partial charge in [-0.15, -0.1) is 0 Å². The number of carbonyl (C=O) groups is 1. The molecule has 0 spiro atoms. The predicted octanol–water partition coefficient (Wildman–Crippen LogP) is 2.79. The molecule has 2 atom stereocenters. The first-order valence-electron chi connectivity index (χ1n) is 8.02. The highest BCUT2D eigenvalue weighted by molar-refractivity contribution is 5.90. The molecule has 5 heteroatoms. The molecule has 2 aromatic rings. The van der Waals surface area contributed by atoms with E-state index in [0.29, 0.717) is 19.4 Å². The lowest BCUT2D eigenvalue weighted by Gasteiger charge is -2.51. The molecule has 0 aromatic heterocycles. The van der Waals surface area contributed by atoms with Crippen LogP contribution in [0.5, 0.6) is 5.75 Å². The van der Waals surface area contributed by atoms with Crippen LogP contribution >= 0.6 is 0 Å². The van der Waals surface area contributed by atoms with Crippen molar-refractivity contribution in [3.8, 4) is 5.75 Å². The number of amides is 2. The van der Waals surface area contributed by atoms with Gasteiger partial charge in [-0.25, -0.2) is 4.79 Å². The van der Waals surface area contributed by atoms with Crippen molar-refractivity contribution < 1.29 is 14.6 Å². The third kappa shape index (κ3) is 2.15. The summed E-state index contributed by atoms with van der Waals surface area (Å²) < 4.78 is 6.26. The Bertz CT molecular complexity index is 776. The number of urea groups is 1. The number of hydrogen-bond acceptors (Lipinski definition) is 3. The summed E-state index contributed by atoms with van der Waals surface area (Å²) in [7, 11) is 0. The van der Waals surface area contributed by atoms with Crippen LogP contribution in [-0.2, 0) is 0 Å². The molecule has 23 heavy (non-hydrogen) atoms. The summed E-state index contributed by atoms with van der Waals surface area (Å²) in [4.78, 5) is 14.2. The van der Waals surface area contributed by atoms with E-state index in [1.165, 1.54) is 0 Å². The number of carbonyl (C=O) groups excluding carboxylic acids is 1. The predicted molar refractivity (Wildman–Crippen MR) is 87.3 cm³/mol. The number of aliphatic hydroxyl groups is 1. The Hall–Kier alpha value is -2.27. The lowest BCUT2D eigenvalue weighted by atomic mass is 9.87. The van der Waals surface area contributed by atoms with E-state index in [1.54, 1.807) is 4.90 Å². The molecule has 2 unspecified atom stereocenters. The highest BCUT2D eigenvalue weighted by atomic mass is 16.5. The fourth-order valence-corrected chi connectivity index (χ4v) is 3.78. The first-order chi connectivity index (χ1) is 11.1. The van der Waals surface area contributed by atoms with Gasteiger partial charge in [-0.3, -0.25) is 4.90 Å². The number of benzene rings is 2. The van der Waals surface area contributed by atoms with E-state index in [4.69, 9.17) is 9.84 Å². The summed E-state index contributed by atoms with van der Waals surface area (Å²) >= 11 is 0. The van der Waals surface area contributed by atoms with E-state index >= 15 is 0 Å². The number of rotatable bonds is 3. The Morgan fingerprint density at radius 3 is 3.00 bits per heavy atom. The number of nitrogens with one attached hydrogen (secondary N) is 1. The number of fused-ring (bicyclic) bond motifs is 6. The summed E-state index contributed by atoms with van der Waals surface area (Å²) in [6.45, 7) is 2.49. The molecule has 1 fully saturated rings. The van der Waals surface area contributed by atoms with Gasteiger partial charge in [0.25, 0.3) is 0 Å². The van der Waals surface area contributed by atoms with Gasteiger partial charge in [-0.05, 0) is 30.2 Å². The Balaban J connectivity index is 1.80. The highest BCUT2D eigenvalue weighted by Crippen LogP contribution is 2.46. The largest absolute Gasteiger partial charge is 0.468 e. The smallest absolute Gasteiger partial charge is 0.320 e. The van der Waals surface area contributed by atoms with Gasteiger partial charge in [0.05, 0.1) is 6.04 Å². The van der Waals surface area contributed by atoms with Crippen LogP contribution in [0.2, 0.25) is 0 Å². The molecule has 0 aliphatic carbocycles. The lowest BCUT2D eigenvalue weighted by molar-refractivity contribution is -0.0845. The van der Waals surface area contributed by atoms with E-state index in [9.17, 15) is 4.79 Å². The molecule has 2 aromatic carbocycles. The molecule has 0 saturated carbocycles. The van der Waals surface area contributed by atoms with Crippen molar-refractivity contribution in [3.63, 3.8) is 0 Å². The van der Waals surface area contributed by atoms with Crippen LogP contribution in [0, 0.1) is 0 Å². The molecule has 2 bridgehead atoms. The maximum absolute atomic E-state index is 12.5.